The van der Waals surface area contributed by atoms with Crippen LogP contribution in [0.1, 0.15) is 31.2 Å². The van der Waals surface area contributed by atoms with Crippen LogP contribution in [0.15, 0.2) is 30.3 Å². The molecular weight excluding hydrogens is 248 g/mol. The van der Waals surface area contributed by atoms with Crippen LogP contribution in [-0.2, 0) is 0 Å². The van der Waals surface area contributed by atoms with Crippen LogP contribution >= 0.6 is 0 Å². The normalized spacial score (nSPS) is 15.7. The average molecular weight is 268 g/mol. The molecule has 20 heavy (non-hydrogen) atoms. The van der Waals surface area contributed by atoms with Crippen LogP contribution in [0.2, 0.25) is 0 Å². The van der Waals surface area contributed by atoms with Gasteiger partial charge in [0.25, 0.3) is 0 Å². The molecule has 0 radical (unpaired) electrons. The molecule has 0 amide bonds. The first kappa shape index (κ1) is 12.9. The van der Waals surface area contributed by atoms with Crippen LogP contribution in [0.3, 0.4) is 0 Å². The zero-order valence-corrected chi connectivity index (χ0v) is 11.8. The van der Waals surface area contributed by atoms with E-state index >= 15 is 0 Å². The first-order valence-corrected chi connectivity index (χ1v) is 7.14. The number of para-hydroxylation sites is 1. The molecule has 4 nitrogen and oxygen atoms in total. The van der Waals surface area contributed by atoms with Gasteiger partial charge in [0.15, 0.2) is 0 Å². The number of nitrogens with zero attached hydrogens (tertiary/aromatic N) is 2. The average Bonchev–Trinajstić information content (AvgIpc) is 2.99. The van der Waals surface area contributed by atoms with Crippen LogP contribution in [0.25, 0.3) is 10.9 Å². The molecule has 0 atom stereocenters. The molecule has 3 N–H and O–H groups in total. The predicted octanol–water partition coefficient (Wildman–Crippen LogP) is 2.90. The molecule has 1 aromatic carbocycles. The van der Waals surface area contributed by atoms with Crippen molar-refractivity contribution >= 4 is 22.6 Å². The fourth-order valence-electron chi connectivity index (χ4n) is 3.04. The Morgan fingerprint density at radius 2 is 2.00 bits per heavy atom. The number of nitrogens with one attached hydrogen (secondary N) is 1. The van der Waals surface area contributed by atoms with Crippen molar-refractivity contribution < 1.29 is 0 Å². The Balaban J connectivity index is 2.09. The highest BCUT2D eigenvalue weighted by Gasteiger charge is 2.21. The van der Waals surface area contributed by atoms with E-state index in [4.69, 9.17) is 16.1 Å². The van der Waals surface area contributed by atoms with Crippen molar-refractivity contribution in [2.45, 2.75) is 31.7 Å². The maximum atomic E-state index is 7.80. The molecule has 1 aliphatic rings. The van der Waals surface area contributed by atoms with Gasteiger partial charge < -0.3 is 10.6 Å². The maximum absolute atomic E-state index is 7.80. The smallest absolute Gasteiger partial charge is 0.129 e. The highest BCUT2D eigenvalue weighted by molar-refractivity contribution is 6.07. The maximum Gasteiger partial charge on any atom is 0.129 e. The minimum Gasteiger partial charge on any atom is -0.384 e. The number of amidine groups is 1. The lowest BCUT2D eigenvalue weighted by Gasteiger charge is -2.26. The number of fused-ring (bicyclic) bond motifs is 1. The highest BCUT2D eigenvalue weighted by Crippen LogP contribution is 2.28. The number of nitrogens with two attached hydrogens (primary N) is 1. The molecule has 1 fully saturated rings. The number of rotatable bonds is 3. The molecule has 1 saturated carbocycles. The van der Waals surface area contributed by atoms with Crippen LogP contribution in [0.4, 0.5) is 5.82 Å². The Bertz CT molecular complexity index is 644. The fourth-order valence-corrected chi connectivity index (χ4v) is 3.04. The first-order chi connectivity index (χ1) is 9.66. The molecule has 4 heteroatoms. The van der Waals surface area contributed by atoms with Gasteiger partial charge in [-0.1, -0.05) is 31.0 Å². The van der Waals surface area contributed by atoms with Gasteiger partial charge >= 0.3 is 0 Å². The lowest BCUT2D eigenvalue weighted by Crippen LogP contribution is -2.30. The molecular formula is C16H20N4. The van der Waals surface area contributed by atoms with Gasteiger partial charge in [0, 0.05) is 24.0 Å². The van der Waals surface area contributed by atoms with E-state index in [0.29, 0.717) is 6.04 Å². The molecule has 104 valence electrons. The second-order valence-corrected chi connectivity index (χ2v) is 5.51. The van der Waals surface area contributed by atoms with Crippen molar-refractivity contribution in [3.05, 3.63) is 35.9 Å². The summed E-state index contributed by atoms with van der Waals surface area (Å²) in [6, 6.07) is 10.4. The lowest BCUT2D eigenvalue weighted by atomic mass is 10.1. The second-order valence-electron chi connectivity index (χ2n) is 5.51. The predicted molar refractivity (Wildman–Crippen MR) is 83.4 cm³/mol. The summed E-state index contributed by atoms with van der Waals surface area (Å²) in [4.78, 5) is 6.98. The summed E-state index contributed by atoms with van der Waals surface area (Å²) in [5.41, 5.74) is 7.42. The van der Waals surface area contributed by atoms with Gasteiger partial charge in [-0.05, 0) is 25.0 Å². The van der Waals surface area contributed by atoms with Crippen molar-refractivity contribution in [1.82, 2.24) is 4.98 Å². The monoisotopic (exact) mass is 268 g/mol. The molecule has 1 aliphatic carbocycles. The summed E-state index contributed by atoms with van der Waals surface area (Å²) in [7, 11) is 2.09. The quantitative estimate of drug-likeness (QED) is 0.664. The van der Waals surface area contributed by atoms with Crippen molar-refractivity contribution in [3.8, 4) is 0 Å². The van der Waals surface area contributed by atoms with E-state index in [1.807, 2.05) is 30.3 Å². The number of aromatic nitrogens is 1. The molecule has 0 unspecified atom stereocenters. The Labute approximate surface area is 119 Å². The van der Waals surface area contributed by atoms with E-state index in [1.165, 1.54) is 25.7 Å². The zero-order valence-electron chi connectivity index (χ0n) is 11.8. The SMILES string of the molecule is CN(c1cc(C(=N)N)c2ccccc2n1)C1CCCC1. The Morgan fingerprint density at radius 3 is 2.70 bits per heavy atom. The van der Waals surface area contributed by atoms with Gasteiger partial charge in [0.1, 0.15) is 11.7 Å². The number of hydrogen-bond acceptors (Lipinski definition) is 3. The molecule has 0 spiro atoms. The number of benzene rings is 1. The fraction of sp³-hybridized carbons (Fsp3) is 0.375. The van der Waals surface area contributed by atoms with Crippen molar-refractivity contribution in [2.75, 3.05) is 11.9 Å². The van der Waals surface area contributed by atoms with Gasteiger partial charge in [-0.15, -0.1) is 0 Å². The Morgan fingerprint density at radius 1 is 1.30 bits per heavy atom. The minimum absolute atomic E-state index is 0.102. The van der Waals surface area contributed by atoms with Crippen LogP contribution in [0.5, 0.6) is 0 Å². The molecule has 2 aromatic rings. The molecule has 0 bridgehead atoms. The molecule has 1 aromatic heterocycles. The van der Waals surface area contributed by atoms with Gasteiger partial charge in [-0.3, -0.25) is 5.41 Å². The zero-order chi connectivity index (χ0) is 14.1. The summed E-state index contributed by atoms with van der Waals surface area (Å²) >= 11 is 0. The van der Waals surface area contributed by atoms with Gasteiger partial charge in [0.05, 0.1) is 5.52 Å². The van der Waals surface area contributed by atoms with E-state index in [-0.39, 0.29) is 5.84 Å². The molecule has 3 rings (SSSR count). The van der Waals surface area contributed by atoms with Crippen molar-refractivity contribution in [3.63, 3.8) is 0 Å². The van der Waals surface area contributed by atoms with Gasteiger partial charge in [-0.2, -0.15) is 0 Å². The van der Waals surface area contributed by atoms with Gasteiger partial charge in [-0.25, -0.2) is 4.98 Å². The standard InChI is InChI=1S/C16H20N4/c1-20(11-6-2-3-7-11)15-10-13(16(17)18)12-8-4-5-9-14(12)19-15/h4-5,8-11H,2-3,6-7H2,1H3,(H3,17,18). The third-order valence-electron chi connectivity index (χ3n) is 4.23. The Hall–Kier alpha value is -2.10. The number of pyridine rings is 1. The second kappa shape index (κ2) is 5.12. The van der Waals surface area contributed by atoms with Crippen molar-refractivity contribution in [2.24, 2.45) is 5.73 Å². The van der Waals surface area contributed by atoms with Crippen LogP contribution in [0, 0.1) is 5.41 Å². The van der Waals surface area contributed by atoms with E-state index in [9.17, 15) is 0 Å². The van der Waals surface area contributed by atoms with Crippen LogP contribution in [-0.4, -0.2) is 23.9 Å². The minimum atomic E-state index is 0.102. The molecule has 0 saturated heterocycles. The Kier molecular flexibility index (Phi) is 3.30. The third-order valence-corrected chi connectivity index (χ3v) is 4.23. The summed E-state index contributed by atoms with van der Waals surface area (Å²) in [6.45, 7) is 0. The summed E-state index contributed by atoms with van der Waals surface area (Å²) in [6.07, 6.45) is 5.03. The van der Waals surface area contributed by atoms with E-state index < -0.39 is 0 Å². The van der Waals surface area contributed by atoms with E-state index in [2.05, 4.69) is 11.9 Å². The summed E-state index contributed by atoms with van der Waals surface area (Å²) < 4.78 is 0. The van der Waals surface area contributed by atoms with E-state index in [0.717, 1.165) is 22.3 Å². The van der Waals surface area contributed by atoms with Crippen LogP contribution < -0.4 is 10.6 Å². The number of nitrogen functional groups attached to an aromatic ring is 1. The van der Waals surface area contributed by atoms with Gasteiger partial charge in [0.2, 0.25) is 0 Å². The molecule has 0 aliphatic heterocycles. The number of hydrogen-bond donors (Lipinski definition) is 2. The third kappa shape index (κ3) is 2.22. The van der Waals surface area contributed by atoms with E-state index in [1.54, 1.807) is 0 Å². The molecule has 1 heterocycles. The summed E-state index contributed by atoms with van der Waals surface area (Å²) in [5.74, 6) is 1.02. The summed E-state index contributed by atoms with van der Waals surface area (Å²) in [5, 5.41) is 8.74. The highest BCUT2D eigenvalue weighted by atomic mass is 15.2. The largest absolute Gasteiger partial charge is 0.384 e. The van der Waals surface area contributed by atoms with Crippen molar-refractivity contribution in [1.29, 1.82) is 5.41 Å². The lowest BCUT2D eigenvalue weighted by molar-refractivity contribution is 0.647. The first-order valence-electron chi connectivity index (χ1n) is 7.14. The topological polar surface area (TPSA) is 66.0 Å². The number of anilines is 1.